The first-order valence-electron chi connectivity index (χ1n) is 7.62. The summed E-state index contributed by atoms with van der Waals surface area (Å²) < 4.78 is 1.75. The summed E-state index contributed by atoms with van der Waals surface area (Å²) in [5, 5.41) is 16.1. The molecule has 0 saturated carbocycles. The van der Waals surface area contributed by atoms with Gasteiger partial charge in [-0.05, 0) is 54.3 Å². The first-order valence-corrected chi connectivity index (χ1v) is 10.00. The number of rotatable bonds is 4. The van der Waals surface area contributed by atoms with E-state index in [2.05, 4.69) is 58.3 Å². The van der Waals surface area contributed by atoms with Gasteiger partial charge < -0.3 is 5.11 Å². The summed E-state index contributed by atoms with van der Waals surface area (Å²) >= 11 is 9.98. The van der Waals surface area contributed by atoms with E-state index in [1.54, 1.807) is 6.07 Å². The van der Waals surface area contributed by atoms with Crippen LogP contribution in [0.2, 0.25) is 0 Å². The van der Waals surface area contributed by atoms with Crippen LogP contribution in [0.3, 0.4) is 0 Å². The number of benzene rings is 3. The lowest BCUT2D eigenvalue weighted by molar-refractivity contribution is -0.120. The van der Waals surface area contributed by atoms with Gasteiger partial charge in [-0.3, -0.25) is 4.79 Å². The standard InChI is InChI=1S/C19H13Br3N2O2/c20-15-9-16(21)19(26)18(22)14(15)10-23-24-17(25)8-12-6-3-5-11-4-1-2-7-13(11)12/h1-7,9-10,26H,8H2,(H,24,25)/b23-10+. The first kappa shape index (κ1) is 19.1. The van der Waals surface area contributed by atoms with Crippen LogP contribution in [0.4, 0.5) is 0 Å². The third-order valence-electron chi connectivity index (χ3n) is 3.80. The van der Waals surface area contributed by atoms with Crippen molar-refractivity contribution in [3.05, 3.63) is 73.1 Å². The van der Waals surface area contributed by atoms with Crippen molar-refractivity contribution in [3.63, 3.8) is 0 Å². The van der Waals surface area contributed by atoms with Crippen LogP contribution in [-0.2, 0) is 11.2 Å². The van der Waals surface area contributed by atoms with Crippen molar-refractivity contribution in [1.82, 2.24) is 5.43 Å². The van der Waals surface area contributed by atoms with E-state index in [4.69, 9.17) is 0 Å². The highest BCUT2D eigenvalue weighted by atomic mass is 79.9. The van der Waals surface area contributed by atoms with Gasteiger partial charge in [0, 0.05) is 10.0 Å². The lowest BCUT2D eigenvalue weighted by Crippen LogP contribution is -2.20. The SMILES string of the molecule is O=C(Cc1cccc2ccccc12)N/N=C/c1c(Br)cc(Br)c(O)c1Br. The summed E-state index contributed by atoms with van der Waals surface area (Å²) in [6.07, 6.45) is 1.70. The minimum Gasteiger partial charge on any atom is -0.506 e. The van der Waals surface area contributed by atoms with E-state index in [-0.39, 0.29) is 18.1 Å². The summed E-state index contributed by atoms with van der Waals surface area (Å²) in [6, 6.07) is 15.5. The van der Waals surface area contributed by atoms with E-state index in [0.29, 0.717) is 14.5 Å². The Labute approximate surface area is 175 Å². The topological polar surface area (TPSA) is 61.7 Å². The number of aromatic hydroxyl groups is 1. The number of phenols is 1. The molecule has 1 amide bonds. The Hall–Kier alpha value is -1.70. The van der Waals surface area contributed by atoms with Crippen LogP contribution in [0, 0.1) is 0 Å². The fraction of sp³-hybridized carbons (Fsp3) is 0.0526. The van der Waals surface area contributed by atoms with Crippen molar-refractivity contribution in [2.45, 2.75) is 6.42 Å². The summed E-state index contributed by atoms with van der Waals surface area (Å²) in [5.41, 5.74) is 4.09. The van der Waals surface area contributed by atoms with E-state index in [9.17, 15) is 9.90 Å². The summed E-state index contributed by atoms with van der Waals surface area (Å²) in [7, 11) is 0. The number of fused-ring (bicyclic) bond motifs is 1. The number of carbonyl (C=O) groups excluding carboxylic acids is 1. The second-order valence-electron chi connectivity index (χ2n) is 5.52. The van der Waals surface area contributed by atoms with Gasteiger partial charge in [0.25, 0.3) is 0 Å². The minimum absolute atomic E-state index is 0.0664. The number of halogens is 3. The lowest BCUT2D eigenvalue weighted by Gasteiger charge is -2.07. The molecule has 0 bridgehead atoms. The van der Waals surface area contributed by atoms with Crippen LogP contribution in [0.15, 0.2) is 67.1 Å². The summed E-state index contributed by atoms with van der Waals surface area (Å²) in [6.45, 7) is 0. The number of hydrogen-bond donors (Lipinski definition) is 2. The van der Waals surface area contributed by atoms with Gasteiger partial charge in [-0.15, -0.1) is 0 Å². The predicted molar refractivity (Wildman–Crippen MR) is 115 cm³/mol. The molecule has 0 heterocycles. The zero-order chi connectivity index (χ0) is 18.7. The number of carbonyl (C=O) groups is 1. The van der Waals surface area contributed by atoms with Crippen molar-refractivity contribution in [1.29, 1.82) is 0 Å². The normalized spacial score (nSPS) is 11.2. The van der Waals surface area contributed by atoms with Gasteiger partial charge in [0.15, 0.2) is 0 Å². The maximum absolute atomic E-state index is 12.2. The Balaban J connectivity index is 1.73. The second kappa shape index (κ2) is 8.33. The van der Waals surface area contributed by atoms with Crippen LogP contribution in [-0.4, -0.2) is 17.2 Å². The predicted octanol–water partition coefficient (Wildman–Crippen LogP) is 5.53. The number of hydrazone groups is 1. The molecule has 7 heteroatoms. The van der Waals surface area contributed by atoms with Crippen molar-refractivity contribution < 1.29 is 9.90 Å². The molecule has 3 aromatic rings. The third-order valence-corrected chi connectivity index (χ3v) is 5.86. The van der Waals surface area contributed by atoms with Crippen LogP contribution in [0.1, 0.15) is 11.1 Å². The lowest BCUT2D eigenvalue weighted by atomic mass is 10.0. The number of amides is 1. The van der Waals surface area contributed by atoms with Crippen LogP contribution in [0.5, 0.6) is 5.75 Å². The van der Waals surface area contributed by atoms with E-state index >= 15 is 0 Å². The first-order chi connectivity index (χ1) is 12.5. The monoisotopic (exact) mass is 538 g/mol. The second-order valence-corrected chi connectivity index (χ2v) is 8.03. The highest BCUT2D eigenvalue weighted by molar-refractivity contribution is 9.11. The molecule has 132 valence electrons. The molecule has 0 spiro atoms. The number of nitrogens with zero attached hydrogens (tertiary/aromatic N) is 1. The Morgan fingerprint density at radius 1 is 1.08 bits per heavy atom. The fourth-order valence-electron chi connectivity index (χ4n) is 2.54. The summed E-state index contributed by atoms with van der Waals surface area (Å²) in [4.78, 5) is 12.2. The van der Waals surface area contributed by atoms with Gasteiger partial charge in [0.2, 0.25) is 5.91 Å². The van der Waals surface area contributed by atoms with Gasteiger partial charge in [-0.2, -0.15) is 5.10 Å². The molecule has 26 heavy (non-hydrogen) atoms. The molecule has 0 radical (unpaired) electrons. The average Bonchev–Trinajstić information content (AvgIpc) is 2.63. The molecule has 3 rings (SSSR count). The molecule has 0 aliphatic carbocycles. The molecule has 2 N–H and O–H groups in total. The molecular weight excluding hydrogens is 528 g/mol. The fourth-order valence-corrected chi connectivity index (χ4v) is 4.87. The van der Waals surface area contributed by atoms with Crippen LogP contribution >= 0.6 is 47.8 Å². The Morgan fingerprint density at radius 2 is 1.81 bits per heavy atom. The molecule has 3 aromatic carbocycles. The van der Waals surface area contributed by atoms with E-state index in [1.165, 1.54) is 6.21 Å². The van der Waals surface area contributed by atoms with Gasteiger partial charge >= 0.3 is 0 Å². The minimum atomic E-state index is -0.216. The molecular formula is C19H13Br3N2O2. The van der Waals surface area contributed by atoms with Crippen LogP contribution < -0.4 is 5.43 Å². The average molecular weight is 541 g/mol. The highest BCUT2D eigenvalue weighted by Crippen LogP contribution is 2.38. The van der Waals surface area contributed by atoms with Gasteiger partial charge in [0.05, 0.1) is 21.6 Å². The van der Waals surface area contributed by atoms with Gasteiger partial charge in [-0.25, -0.2) is 5.43 Å². The highest BCUT2D eigenvalue weighted by Gasteiger charge is 2.12. The van der Waals surface area contributed by atoms with Crippen molar-refractivity contribution in [2.24, 2.45) is 5.10 Å². The van der Waals surface area contributed by atoms with E-state index < -0.39 is 0 Å². The number of phenolic OH excluding ortho intramolecular Hbond substituents is 1. The van der Waals surface area contributed by atoms with Crippen LogP contribution in [0.25, 0.3) is 10.8 Å². The smallest absolute Gasteiger partial charge is 0.244 e. The Bertz CT molecular complexity index is 1010. The van der Waals surface area contributed by atoms with E-state index in [0.717, 1.165) is 20.8 Å². The molecule has 0 aliphatic rings. The van der Waals surface area contributed by atoms with Crippen molar-refractivity contribution >= 4 is 70.7 Å². The molecule has 0 atom stereocenters. The van der Waals surface area contributed by atoms with Crippen molar-refractivity contribution in [2.75, 3.05) is 0 Å². The zero-order valence-electron chi connectivity index (χ0n) is 13.3. The zero-order valence-corrected chi connectivity index (χ0v) is 18.1. The molecule has 4 nitrogen and oxygen atoms in total. The van der Waals surface area contributed by atoms with E-state index in [1.807, 2.05) is 42.5 Å². The van der Waals surface area contributed by atoms with Crippen molar-refractivity contribution in [3.8, 4) is 5.75 Å². The largest absolute Gasteiger partial charge is 0.506 e. The quantitative estimate of drug-likeness (QED) is 0.338. The molecule has 0 aliphatic heterocycles. The Morgan fingerprint density at radius 3 is 2.62 bits per heavy atom. The molecule has 0 saturated heterocycles. The number of hydrogen-bond acceptors (Lipinski definition) is 3. The van der Waals surface area contributed by atoms with Gasteiger partial charge in [0.1, 0.15) is 5.75 Å². The molecule has 0 fully saturated rings. The maximum Gasteiger partial charge on any atom is 0.244 e. The summed E-state index contributed by atoms with van der Waals surface area (Å²) in [5.74, 6) is -0.150. The van der Waals surface area contributed by atoms with Gasteiger partial charge in [-0.1, -0.05) is 58.4 Å². The Kier molecular flexibility index (Phi) is 6.11. The number of nitrogens with one attached hydrogen (secondary N) is 1. The maximum atomic E-state index is 12.2. The third kappa shape index (κ3) is 4.16. The molecule has 0 unspecified atom stereocenters. The molecule has 0 aromatic heterocycles.